The number of aromatic nitrogens is 2. The van der Waals surface area contributed by atoms with Crippen LogP contribution in [0.1, 0.15) is 11.4 Å². The van der Waals surface area contributed by atoms with Crippen molar-refractivity contribution >= 4 is 11.6 Å². The molecule has 0 unspecified atom stereocenters. The Balaban J connectivity index is 1.60. The highest BCUT2D eigenvalue weighted by Crippen LogP contribution is 2.29. The van der Waals surface area contributed by atoms with Crippen molar-refractivity contribution in [2.75, 3.05) is 19.5 Å². The first-order chi connectivity index (χ1) is 13.7. The van der Waals surface area contributed by atoms with Gasteiger partial charge >= 0.3 is 0 Å². The minimum Gasteiger partial charge on any atom is -0.493 e. The fourth-order valence-corrected chi connectivity index (χ4v) is 2.85. The van der Waals surface area contributed by atoms with Gasteiger partial charge in [0.1, 0.15) is 12.4 Å². The van der Waals surface area contributed by atoms with Crippen molar-refractivity contribution < 1.29 is 9.47 Å². The normalized spacial score (nSPS) is 11.3. The topological polar surface area (TPSA) is 86.7 Å². The van der Waals surface area contributed by atoms with E-state index in [0.717, 1.165) is 24.5 Å². The number of rotatable bonds is 8. The summed E-state index contributed by atoms with van der Waals surface area (Å²) in [4.78, 5) is 8.80. The molecule has 7 heteroatoms. The highest BCUT2D eigenvalue weighted by Gasteiger charge is 2.06. The number of hydrogen-bond acceptors (Lipinski definition) is 4. The lowest BCUT2D eigenvalue weighted by atomic mass is 10.1. The summed E-state index contributed by atoms with van der Waals surface area (Å²) in [5, 5.41) is 3.06. The van der Waals surface area contributed by atoms with Crippen LogP contribution >= 0.6 is 0 Å². The fraction of sp³-hybridized carbons (Fsp3) is 0.238. The molecule has 7 nitrogen and oxygen atoms in total. The fourth-order valence-electron chi connectivity index (χ4n) is 2.85. The number of methoxy groups -OCH3 is 2. The Morgan fingerprint density at radius 1 is 1.11 bits per heavy atom. The monoisotopic (exact) mass is 379 g/mol. The summed E-state index contributed by atoms with van der Waals surface area (Å²) in [7, 11) is 3.19. The van der Waals surface area contributed by atoms with E-state index >= 15 is 0 Å². The largest absolute Gasteiger partial charge is 0.493 e. The Morgan fingerprint density at radius 2 is 1.89 bits per heavy atom. The van der Waals surface area contributed by atoms with Gasteiger partial charge in [-0.2, -0.15) is 0 Å². The van der Waals surface area contributed by atoms with Crippen molar-refractivity contribution in [3.63, 3.8) is 0 Å². The molecule has 146 valence electrons. The van der Waals surface area contributed by atoms with Crippen molar-refractivity contribution in [2.24, 2.45) is 10.7 Å². The number of imidazole rings is 1. The predicted molar refractivity (Wildman–Crippen MR) is 111 cm³/mol. The van der Waals surface area contributed by atoms with E-state index < -0.39 is 0 Å². The van der Waals surface area contributed by atoms with Crippen molar-refractivity contribution in [1.29, 1.82) is 0 Å². The second-order valence-corrected chi connectivity index (χ2v) is 6.17. The summed E-state index contributed by atoms with van der Waals surface area (Å²) in [6.45, 7) is 1.24. The van der Waals surface area contributed by atoms with Crippen molar-refractivity contribution in [2.45, 2.75) is 19.5 Å². The van der Waals surface area contributed by atoms with Crippen molar-refractivity contribution in [1.82, 2.24) is 9.55 Å². The Hall–Kier alpha value is -3.48. The highest BCUT2D eigenvalue weighted by atomic mass is 16.5. The molecule has 1 aromatic heterocycles. The van der Waals surface area contributed by atoms with E-state index in [2.05, 4.69) is 44.1 Å². The first-order valence-corrected chi connectivity index (χ1v) is 9.02. The highest BCUT2D eigenvalue weighted by molar-refractivity contribution is 5.92. The molecule has 0 aliphatic rings. The zero-order valence-electron chi connectivity index (χ0n) is 16.1. The Kier molecular flexibility index (Phi) is 6.51. The molecule has 2 aromatic carbocycles. The van der Waals surface area contributed by atoms with Crippen LogP contribution in [-0.4, -0.2) is 29.7 Å². The maximum absolute atomic E-state index is 6.03. The van der Waals surface area contributed by atoms with E-state index in [1.165, 1.54) is 5.56 Å². The van der Waals surface area contributed by atoms with Gasteiger partial charge in [-0.05, 0) is 24.1 Å². The molecule has 3 N–H and O–H groups in total. The number of guanidine groups is 1. The first kappa shape index (κ1) is 19.3. The lowest BCUT2D eigenvalue weighted by Gasteiger charge is -2.11. The third kappa shape index (κ3) is 5.03. The van der Waals surface area contributed by atoms with Gasteiger partial charge in [-0.1, -0.05) is 30.3 Å². The van der Waals surface area contributed by atoms with Crippen LogP contribution in [0.5, 0.6) is 11.5 Å². The molecular formula is C21H25N5O2. The maximum atomic E-state index is 6.03. The van der Waals surface area contributed by atoms with Crippen LogP contribution in [0, 0.1) is 0 Å². The van der Waals surface area contributed by atoms with Crippen LogP contribution < -0.4 is 20.5 Å². The SMILES string of the molecule is COc1ccc(NC(N)=NCc2nccn2CCc2ccccc2)cc1OC. The van der Waals surface area contributed by atoms with Gasteiger partial charge in [-0.3, -0.25) is 0 Å². The summed E-state index contributed by atoms with van der Waals surface area (Å²) in [6.07, 6.45) is 4.69. The van der Waals surface area contributed by atoms with Crippen molar-refractivity contribution in [3.05, 3.63) is 72.3 Å². The Labute approximate surface area is 164 Å². The molecular weight excluding hydrogens is 354 g/mol. The minimum atomic E-state index is 0.310. The molecule has 0 amide bonds. The Morgan fingerprint density at radius 3 is 2.64 bits per heavy atom. The lowest BCUT2D eigenvalue weighted by molar-refractivity contribution is 0.355. The number of anilines is 1. The summed E-state index contributed by atoms with van der Waals surface area (Å²) in [5.74, 6) is 2.46. The zero-order chi connectivity index (χ0) is 19.8. The third-order valence-electron chi connectivity index (χ3n) is 4.33. The van der Waals surface area contributed by atoms with Gasteiger partial charge in [0.15, 0.2) is 17.5 Å². The average Bonchev–Trinajstić information content (AvgIpc) is 3.19. The number of benzene rings is 2. The van der Waals surface area contributed by atoms with Crippen LogP contribution in [0.2, 0.25) is 0 Å². The lowest BCUT2D eigenvalue weighted by Crippen LogP contribution is -2.23. The van der Waals surface area contributed by atoms with Gasteiger partial charge in [0.05, 0.1) is 14.2 Å². The van der Waals surface area contributed by atoms with Gasteiger partial charge in [0, 0.05) is 30.7 Å². The molecule has 0 radical (unpaired) electrons. The molecule has 3 aromatic rings. The molecule has 1 heterocycles. The number of nitrogens with zero attached hydrogens (tertiary/aromatic N) is 3. The molecule has 0 bridgehead atoms. The van der Waals surface area contributed by atoms with Crippen molar-refractivity contribution in [3.8, 4) is 11.5 Å². The first-order valence-electron chi connectivity index (χ1n) is 9.02. The molecule has 0 saturated heterocycles. The van der Waals surface area contributed by atoms with Crippen LogP contribution in [-0.2, 0) is 19.5 Å². The van der Waals surface area contributed by atoms with Crippen LogP contribution in [0.4, 0.5) is 5.69 Å². The smallest absolute Gasteiger partial charge is 0.193 e. The van der Waals surface area contributed by atoms with E-state index in [9.17, 15) is 0 Å². The molecule has 28 heavy (non-hydrogen) atoms. The van der Waals surface area contributed by atoms with E-state index in [4.69, 9.17) is 15.2 Å². The minimum absolute atomic E-state index is 0.310. The van der Waals surface area contributed by atoms with Crippen LogP contribution in [0.3, 0.4) is 0 Å². The number of hydrogen-bond donors (Lipinski definition) is 2. The second kappa shape index (κ2) is 9.45. The number of ether oxygens (including phenoxy) is 2. The second-order valence-electron chi connectivity index (χ2n) is 6.17. The maximum Gasteiger partial charge on any atom is 0.193 e. The van der Waals surface area contributed by atoms with E-state index in [-0.39, 0.29) is 0 Å². The molecule has 0 spiro atoms. The summed E-state index contributed by atoms with van der Waals surface area (Å²) in [5.41, 5.74) is 8.09. The van der Waals surface area contributed by atoms with E-state index in [1.54, 1.807) is 20.4 Å². The number of aryl methyl sites for hydroxylation is 2. The number of nitrogens with one attached hydrogen (secondary N) is 1. The molecule has 0 saturated carbocycles. The average molecular weight is 379 g/mol. The van der Waals surface area contributed by atoms with Gasteiger partial charge in [0.2, 0.25) is 0 Å². The zero-order valence-corrected chi connectivity index (χ0v) is 16.1. The standard InChI is InChI=1S/C21H25N5O2/c1-27-18-9-8-17(14-19(18)28-2)25-21(22)24-15-20-23-11-13-26(20)12-10-16-6-4-3-5-7-16/h3-9,11,13-14H,10,12,15H2,1-2H3,(H3,22,24,25). The molecule has 0 aliphatic heterocycles. The van der Waals surface area contributed by atoms with Gasteiger partial charge < -0.3 is 25.1 Å². The number of nitrogens with two attached hydrogens (primary N) is 1. The molecule has 0 atom stereocenters. The van der Waals surface area contributed by atoms with Crippen LogP contribution in [0.25, 0.3) is 0 Å². The van der Waals surface area contributed by atoms with Gasteiger partial charge in [-0.15, -0.1) is 0 Å². The van der Waals surface area contributed by atoms with E-state index in [0.29, 0.717) is 24.0 Å². The predicted octanol–water partition coefficient (Wildman–Crippen LogP) is 3.07. The molecule has 0 fully saturated rings. The molecule has 0 aliphatic carbocycles. The summed E-state index contributed by atoms with van der Waals surface area (Å²) in [6, 6.07) is 15.8. The third-order valence-corrected chi connectivity index (χ3v) is 4.33. The van der Waals surface area contributed by atoms with Gasteiger partial charge in [0.25, 0.3) is 0 Å². The summed E-state index contributed by atoms with van der Waals surface area (Å²) < 4.78 is 12.6. The quantitative estimate of drug-likeness (QED) is 0.464. The summed E-state index contributed by atoms with van der Waals surface area (Å²) >= 11 is 0. The van der Waals surface area contributed by atoms with E-state index in [1.807, 2.05) is 30.5 Å². The van der Waals surface area contributed by atoms with Gasteiger partial charge in [-0.25, -0.2) is 9.98 Å². The van der Waals surface area contributed by atoms with Crippen LogP contribution in [0.15, 0.2) is 65.9 Å². The molecule has 3 rings (SSSR count). The Bertz CT molecular complexity index is 922. The number of aliphatic imine (C=N–C) groups is 1.